The van der Waals surface area contributed by atoms with Gasteiger partial charge in [-0.25, -0.2) is 0 Å². The molecule has 5 fully saturated rings. The summed E-state index contributed by atoms with van der Waals surface area (Å²) in [6.07, 6.45) is 11.8. The Morgan fingerprint density at radius 2 is 1.73 bits per heavy atom. The van der Waals surface area contributed by atoms with Gasteiger partial charge >= 0.3 is 0 Å². The first-order chi connectivity index (χ1) is 17.4. The van der Waals surface area contributed by atoms with E-state index in [1.165, 1.54) is 44.9 Å². The molecular formula is C32H48O4S. The number of rotatable bonds is 6. The predicted molar refractivity (Wildman–Crippen MR) is 146 cm³/mol. The van der Waals surface area contributed by atoms with Gasteiger partial charge in [-0.05, 0) is 135 Å². The van der Waals surface area contributed by atoms with E-state index in [0.29, 0.717) is 17.9 Å². The van der Waals surface area contributed by atoms with Crippen LogP contribution >= 0.6 is 0 Å². The molecule has 0 spiro atoms. The number of hydrogen-bond acceptors (Lipinski definition) is 4. The third-order valence-corrected chi connectivity index (χ3v) is 14.6. The SMILES string of the molecule is CC[C@]1(O)CC[C@@]2(C)[C@@H](CC[C@@H]3[C@@H]2CC[C@@]2(C)[C@H]3C[C@H]3C[C@]32[C@@H](C)COS(=O)(=O)c2ccc(C)cc2)C1. The summed E-state index contributed by atoms with van der Waals surface area (Å²) in [4.78, 5) is 0.263. The molecule has 1 aromatic carbocycles. The molecule has 10 atom stereocenters. The van der Waals surface area contributed by atoms with E-state index in [9.17, 15) is 13.5 Å². The van der Waals surface area contributed by atoms with Crippen LogP contribution in [0.4, 0.5) is 0 Å². The van der Waals surface area contributed by atoms with Crippen molar-refractivity contribution in [1.29, 1.82) is 0 Å². The summed E-state index contributed by atoms with van der Waals surface area (Å²) in [6.45, 7) is 11.8. The maximum atomic E-state index is 12.9. The first-order valence-corrected chi connectivity index (χ1v) is 16.5. The summed E-state index contributed by atoms with van der Waals surface area (Å²) >= 11 is 0. The van der Waals surface area contributed by atoms with Crippen LogP contribution < -0.4 is 0 Å². The maximum absolute atomic E-state index is 12.9. The number of hydrogen-bond donors (Lipinski definition) is 1. The fourth-order valence-corrected chi connectivity index (χ4v) is 11.9. The van der Waals surface area contributed by atoms with E-state index >= 15 is 0 Å². The molecule has 4 nitrogen and oxygen atoms in total. The van der Waals surface area contributed by atoms with Crippen molar-refractivity contribution in [3.8, 4) is 0 Å². The van der Waals surface area contributed by atoms with Gasteiger partial charge in [0.25, 0.3) is 10.1 Å². The Morgan fingerprint density at radius 3 is 2.43 bits per heavy atom. The van der Waals surface area contributed by atoms with Gasteiger partial charge in [-0.1, -0.05) is 45.4 Å². The first-order valence-electron chi connectivity index (χ1n) is 15.1. The zero-order valence-electron chi connectivity index (χ0n) is 23.6. The van der Waals surface area contributed by atoms with E-state index in [1.54, 1.807) is 12.1 Å². The van der Waals surface area contributed by atoms with Crippen LogP contribution in [0.25, 0.3) is 0 Å². The highest BCUT2D eigenvalue weighted by molar-refractivity contribution is 7.86. The van der Waals surface area contributed by atoms with E-state index in [2.05, 4.69) is 27.7 Å². The van der Waals surface area contributed by atoms with Gasteiger partial charge in [0.15, 0.2) is 0 Å². The average Bonchev–Trinajstić information content (AvgIpc) is 3.55. The maximum Gasteiger partial charge on any atom is 0.296 e. The summed E-state index contributed by atoms with van der Waals surface area (Å²) in [5.41, 5.74) is 1.51. The van der Waals surface area contributed by atoms with Crippen LogP contribution in [0.15, 0.2) is 29.2 Å². The van der Waals surface area contributed by atoms with Gasteiger partial charge < -0.3 is 5.11 Å². The van der Waals surface area contributed by atoms with Gasteiger partial charge in [-0.15, -0.1) is 0 Å². The molecule has 0 aliphatic heterocycles. The monoisotopic (exact) mass is 528 g/mol. The average molecular weight is 529 g/mol. The van der Waals surface area contributed by atoms with Crippen molar-refractivity contribution in [3.05, 3.63) is 29.8 Å². The fourth-order valence-electron chi connectivity index (χ4n) is 10.9. The van der Waals surface area contributed by atoms with E-state index < -0.39 is 15.7 Å². The molecule has 206 valence electrons. The van der Waals surface area contributed by atoms with Crippen LogP contribution in [0, 0.1) is 58.7 Å². The molecule has 0 aromatic heterocycles. The smallest absolute Gasteiger partial charge is 0.296 e. The molecule has 5 heteroatoms. The lowest BCUT2D eigenvalue weighted by Crippen LogP contribution is -2.56. The van der Waals surface area contributed by atoms with Crippen LogP contribution in [-0.2, 0) is 14.3 Å². The molecule has 5 aliphatic rings. The Morgan fingerprint density at radius 1 is 1.00 bits per heavy atom. The normalized spacial score (nSPS) is 47.4. The molecule has 5 aliphatic carbocycles. The van der Waals surface area contributed by atoms with Gasteiger partial charge in [0.1, 0.15) is 0 Å². The van der Waals surface area contributed by atoms with Crippen molar-refractivity contribution in [2.45, 2.75) is 109 Å². The molecule has 1 N–H and O–H groups in total. The molecule has 0 unspecified atom stereocenters. The van der Waals surface area contributed by atoms with Gasteiger partial charge in [-0.3, -0.25) is 4.18 Å². The molecule has 0 bridgehead atoms. The summed E-state index contributed by atoms with van der Waals surface area (Å²) in [6, 6.07) is 6.98. The third kappa shape index (κ3) is 3.76. The Balaban J connectivity index is 1.18. The Hall–Kier alpha value is -0.910. The zero-order valence-corrected chi connectivity index (χ0v) is 24.4. The molecule has 0 saturated heterocycles. The summed E-state index contributed by atoms with van der Waals surface area (Å²) in [5, 5.41) is 11.1. The van der Waals surface area contributed by atoms with Crippen molar-refractivity contribution >= 4 is 10.1 Å². The molecule has 6 rings (SSSR count). The standard InChI is InChI=1S/C32H48O4S/c1-6-31(33)16-15-29(4)23(18-31)9-12-26-27(29)13-14-30(5)28(26)17-24-19-32(24,30)22(3)20-36-37(34,35)25-10-7-21(2)8-11-25/h7-8,10-11,22-24,26-28,33H,6,9,12-20H2,1-5H3/t22-,23-,24-,26+,27-,28-,29-,30-,31-,32-/m0/s1. The fraction of sp³-hybridized carbons (Fsp3) is 0.812. The molecule has 1 aromatic rings. The van der Waals surface area contributed by atoms with Crippen LogP contribution in [0.5, 0.6) is 0 Å². The summed E-state index contributed by atoms with van der Waals surface area (Å²) < 4.78 is 31.6. The minimum Gasteiger partial charge on any atom is -0.390 e. The lowest BCUT2D eigenvalue weighted by molar-refractivity contribution is -0.159. The van der Waals surface area contributed by atoms with Gasteiger partial charge in [-0.2, -0.15) is 8.42 Å². The highest BCUT2D eigenvalue weighted by Crippen LogP contribution is 2.82. The molecule has 0 heterocycles. The topological polar surface area (TPSA) is 63.6 Å². The Labute approximate surface area is 225 Å². The molecular weight excluding hydrogens is 480 g/mol. The van der Waals surface area contributed by atoms with Gasteiger partial charge in [0, 0.05) is 0 Å². The summed E-state index contributed by atoms with van der Waals surface area (Å²) in [5.74, 6) is 3.97. The zero-order chi connectivity index (χ0) is 26.4. The van der Waals surface area contributed by atoms with Gasteiger partial charge in [0.05, 0.1) is 17.1 Å². The highest BCUT2D eigenvalue weighted by atomic mass is 32.2. The van der Waals surface area contributed by atoms with Crippen LogP contribution in [-0.4, -0.2) is 25.7 Å². The molecule has 0 radical (unpaired) electrons. The third-order valence-electron chi connectivity index (χ3n) is 13.3. The van der Waals surface area contributed by atoms with Crippen LogP contribution in [0.3, 0.4) is 0 Å². The lowest BCUT2D eigenvalue weighted by atomic mass is 9.42. The second kappa shape index (κ2) is 8.54. The Kier molecular flexibility index (Phi) is 6.08. The molecule has 0 amide bonds. The number of aryl methyl sites for hydroxylation is 1. The quantitative estimate of drug-likeness (QED) is 0.399. The Bertz CT molecular complexity index is 1150. The number of benzene rings is 1. The second-order valence-corrected chi connectivity index (χ2v) is 16.1. The second-order valence-electron chi connectivity index (χ2n) is 14.5. The van der Waals surface area contributed by atoms with E-state index in [4.69, 9.17) is 4.18 Å². The van der Waals surface area contributed by atoms with Crippen molar-refractivity contribution in [3.63, 3.8) is 0 Å². The lowest BCUT2D eigenvalue weighted by Gasteiger charge is -2.63. The minimum absolute atomic E-state index is 0.234. The van der Waals surface area contributed by atoms with Crippen molar-refractivity contribution in [2.24, 2.45) is 51.8 Å². The molecule has 37 heavy (non-hydrogen) atoms. The van der Waals surface area contributed by atoms with Gasteiger partial charge in [0.2, 0.25) is 0 Å². The summed E-state index contributed by atoms with van der Waals surface area (Å²) in [7, 11) is -3.73. The van der Waals surface area contributed by atoms with E-state index in [-0.39, 0.29) is 21.6 Å². The van der Waals surface area contributed by atoms with Crippen molar-refractivity contribution in [1.82, 2.24) is 0 Å². The van der Waals surface area contributed by atoms with Crippen molar-refractivity contribution in [2.75, 3.05) is 6.61 Å². The van der Waals surface area contributed by atoms with Crippen molar-refractivity contribution < 1.29 is 17.7 Å². The first kappa shape index (κ1) is 26.3. The largest absolute Gasteiger partial charge is 0.390 e. The van der Waals surface area contributed by atoms with Crippen LogP contribution in [0.2, 0.25) is 0 Å². The van der Waals surface area contributed by atoms with E-state index in [1.807, 2.05) is 19.1 Å². The number of fused-ring (bicyclic) bond motifs is 7. The minimum atomic E-state index is -3.73. The highest BCUT2D eigenvalue weighted by Gasteiger charge is 2.76. The predicted octanol–water partition coefficient (Wildman–Crippen LogP) is 7.14. The molecule has 5 saturated carbocycles. The van der Waals surface area contributed by atoms with E-state index in [0.717, 1.165) is 48.5 Å². The number of aliphatic hydroxyl groups is 1. The van der Waals surface area contributed by atoms with Crippen LogP contribution in [0.1, 0.15) is 97.5 Å².